The van der Waals surface area contributed by atoms with Gasteiger partial charge in [0.1, 0.15) is 4.21 Å². The van der Waals surface area contributed by atoms with Crippen molar-refractivity contribution in [2.45, 2.75) is 10.6 Å². The van der Waals surface area contributed by atoms with Crippen LogP contribution in [0.1, 0.15) is 5.56 Å². The average Bonchev–Trinajstić information content (AvgIpc) is 2.79. The van der Waals surface area contributed by atoms with Gasteiger partial charge in [0.2, 0.25) is 0 Å². The van der Waals surface area contributed by atoms with Crippen molar-refractivity contribution in [3.8, 4) is 0 Å². The Balaban J connectivity index is 1.96. The smallest absolute Gasteiger partial charge is 0.251 e. The zero-order valence-corrected chi connectivity index (χ0v) is 13.2. The maximum absolute atomic E-state index is 12.0. The fourth-order valence-corrected chi connectivity index (χ4v) is 4.96. The van der Waals surface area contributed by atoms with Gasteiger partial charge >= 0.3 is 0 Å². The van der Waals surface area contributed by atoms with Crippen LogP contribution in [0.15, 0.2) is 44.4 Å². The summed E-state index contributed by atoms with van der Waals surface area (Å²) >= 11 is 4.42. The summed E-state index contributed by atoms with van der Waals surface area (Å²) in [4.78, 5) is 0. The fourth-order valence-electron chi connectivity index (χ4n) is 1.55. The number of anilines is 1. The van der Waals surface area contributed by atoms with Crippen LogP contribution in [0.4, 0.5) is 5.69 Å². The van der Waals surface area contributed by atoms with E-state index in [9.17, 15) is 8.42 Å². The Bertz CT molecular complexity index is 651. The van der Waals surface area contributed by atoms with Crippen molar-refractivity contribution in [1.82, 2.24) is 4.72 Å². The van der Waals surface area contributed by atoms with Gasteiger partial charge in [-0.2, -0.15) is 0 Å². The zero-order valence-electron chi connectivity index (χ0n) is 9.97. The van der Waals surface area contributed by atoms with Crippen molar-refractivity contribution in [1.29, 1.82) is 0 Å². The number of halogens is 1. The average molecular weight is 361 g/mol. The molecule has 0 aliphatic rings. The molecule has 0 aliphatic carbocycles. The van der Waals surface area contributed by atoms with Crippen molar-refractivity contribution in [2.24, 2.45) is 0 Å². The van der Waals surface area contributed by atoms with E-state index in [2.05, 4.69) is 20.7 Å². The molecule has 2 rings (SSSR count). The highest BCUT2D eigenvalue weighted by atomic mass is 79.9. The molecule has 1 aromatic heterocycles. The molecule has 0 fully saturated rings. The van der Waals surface area contributed by atoms with Crippen LogP contribution in [0.2, 0.25) is 0 Å². The second kappa shape index (κ2) is 6.04. The lowest BCUT2D eigenvalue weighted by molar-refractivity contribution is 0.583. The Morgan fingerprint density at radius 1 is 1.21 bits per heavy atom. The van der Waals surface area contributed by atoms with Gasteiger partial charge in [-0.05, 0) is 51.5 Å². The predicted octanol–water partition coefficient (Wildman–Crippen LogP) is 2.61. The largest absolute Gasteiger partial charge is 0.399 e. The second-order valence-electron chi connectivity index (χ2n) is 3.95. The lowest BCUT2D eigenvalue weighted by atomic mass is 10.1. The van der Waals surface area contributed by atoms with Gasteiger partial charge in [-0.15, -0.1) is 11.3 Å². The molecule has 19 heavy (non-hydrogen) atoms. The Hall–Kier alpha value is -0.890. The monoisotopic (exact) mass is 360 g/mol. The summed E-state index contributed by atoms with van der Waals surface area (Å²) in [5, 5.41) is 1.73. The van der Waals surface area contributed by atoms with E-state index < -0.39 is 10.0 Å². The second-order valence-corrected chi connectivity index (χ2v) is 7.68. The number of hydrogen-bond acceptors (Lipinski definition) is 4. The van der Waals surface area contributed by atoms with Gasteiger partial charge in [-0.25, -0.2) is 13.1 Å². The van der Waals surface area contributed by atoms with E-state index in [0.717, 1.165) is 5.56 Å². The van der Waals surface area contributed by atoms with E-state index in [0.29, 0.717) is 27.3 Å². The lowest BCUT2D eigenvalue weighted by Crippen LogP contribution is -2.25. The molecule has 7 heteroatoms. The molecule has 0 radical (unpaired) electrons. The van der Waals surface area contributed by atoms with Gasteiger partial charge in [0.25, 0.3) is 10.0 Å². The van der Waals surface area contributed by atoms with E-state index >= 15 is 0 Å². The topological polar surface area (TPSA) is 72.2 Å². The fraction of sp³-hybridized carbons (Fsp3) is 0.167. The molecule has 0 saturated heterocycles. The first-order chi connectivity index (χ1) is 8.99. The summed E-state index contributed by atoms with van der Waals surface area (Å²) in [6.45, 7) is 0.358. The van der Waals surface area contributed by atoms with Crippen LogP contribution in [0, 0.1) is 0 Å². The van der Waals surface area contributed by atoms with Crippen molar-refractivity contribution in [2.75, 3.05) is 12.3 Å². The number of thiophene rings is 1. The predicted molar refractivity (Wildman–Crippen MR) is 81.8 cm³/mol. The van der Waals surface area contributed by atoms with Crippen molar-refractivity contribution in [3.63, 3.8) is 0 Å². The number of nitrogens with two attached hydrogens (primary N) is 1. The van der Waals surface area contributed by atoms with Gasteiger partial charge in [0, 0.05) is 16.7 Å². The van der Waals surface area contributed by atoms with Crippen LogP contribution < -0.4 is 10.5 Å². The third-order valence-corrected chi connectivity index (χ3v) is 6.65. The Morgan fingerprint density at radius 3 is 2.47 bits per heavy atom. The van der Waals surface area contributed by atoms with Gasteiger partial charge in [-0.3, -0.25) is 0 Å². The van der Waals surface area contributed by atoms with Gasteiger partial charge < -0.3 is 5.73 Å². The minimum Gasteiger partial charge on any atom is -0.399 e. The Kier molecular flexibility index (Phi) is 4.62. The maximum atomic E-state index is 12.0. The van der Waals surface area contributed by atoms with Crippen molar-refractivity contribution >= 4 is 43.0 Å². The Labute approximate surface area is 124 Å². The van der Waals surface area contributed by atoms with Gasteiger partial charge in [0.15, 0.2) is 0 Å². The third-order valence-electron chi connectivity index (χ3n) is 2.51. The maximum Gasteiger partial charge on any atom is 0.251 e. The lowest BCUT2D eigenvalue weighted by Gasteiger charge is -2.06. The Morgan fingerprint density at radius 2 is 1.89 bits per heavy atom. The van der Waals surface area contributed by atoms with Crippen LogP contribution in [-0.2, 0) is 16.4 Å². The summed E-state index contributed by atoms with van der Waals surface area (Å²) in [7, 11) is -3.43. The molecule has 0 spiro atoms. The molecule has 1 heterocycles. The molecule has 0 bridgehead atoms. The summed E-state index contributed by atoms with van der Waals surface area (Å²) < 4.78 is 27.5. The highest BCUT2D eigenvalue weighted by Crippen LogP contribution is 2.27. The molecule has 0 saturated carbocycles. The first kappa shape index (κ1) is 14.5. The van der Waals surface area contributed by atoms with Crippen LogP contribution in [0.25, 0.3) is 0 Å². The SMILES string of the molecule is Nc1ccc(CCNS(=O)(=O)c2sccc2Br)cc1. The van der Waals surface area contributed by atoms with Gasteiger partial charge in [-0.1, -0.05) is 12.1 Å². The standard InChI is InChI=1S/C12H13BrN2O2S2/c13-11-6-8-18-12(11)19(16,17)15-7-5-9-1-3-10(14)4-2-9/h1-4,6,8,15H,5,7,14H2. The molecule has 3 N–H and O–H groups in total. The number of sulfonamides is 1. The molecule has 4 nitrogen and oxygen atoms in total. The van der Waals surface area contributed by atoms with Crippen molar-refractivity contribution in [3.05, 3.63) is 45.7 Å². The highest BCUT2D eigenvalue weighted by Gasteiger charge is 2.18. The van der Waals surface area contributed by atoms with Gasteiger partial charge in [0.05, 0.1) is 0 Å². The van der Waals surface area contributed by atoms with Crippen molar-refractivity contribution < 1.29 is 8.42 Å². The molecule has 1 aromatic carbocycles. The van der Waals surface area contributed by atoms with Crippen LogP contribution >= 0.6 is 27.3 Å². The molecule has 102 valence electrons. The molecule has 0 unspecified atom stereocenters. The number of rotatable bonds is 5. The number of hydrogen-bond donors (Lipinski definition) is 2. The summed E-state index contributed by atoms with van der Waals surface area (Å²) in [6.07, 6.45) is 0.627. The van der Waals surface area contributed by atoms with E-state index in [1.165, 1.54) is 11.3 Å². The zero-order chi connectivity index (χ0) is 13.9. The molecule has 2 aromatic rings. The third kappa shape index (κ3) is 3.79. The first-order valence-electron chi connectivity index (χ1n) is 5.56. The molecule has 0 aliphatic heterocycles. The first-order valence-corrected chi connectivity index (χ1v) is 8.72. The van der Waals surface area contributed by atoms with E-state index in [1.54, 1.807) is 23.6 Å². The van der Waals surface area contributed by atoms with Crippen LogP contribution in [0.3, 0.4) is 0 Å². The molecular weight excluding hydrogens is 348 g/mol. The minimum absolute atomic E-state index is 0.310. The quantitative estimate of drug-likeness (QED) is 0.805. The van der Waals surface area contributed by atoms with E-state index in [1.807, 2.05) is 12.1 Å². The van der Waals surface area contributed by atoms with Crippen LogP contribution in [-0.4, -0.2) is 15.0 Å². The number of nitrogen functional groups attached to an aromatic ring is 1. The van der Waals surface area contributed by atoms with E-state index in [-0.39, 0.29) is 0 Å². The van der Waals surface area contributed by atoms with Crippen LogP contribution in [0.5, 0.6) is 0 Å². The van der Waals surface area contributed by atoms with E-state index in [4.69, 9.17) is 5.73 Å². The summed E-state index contributed by atoms with van der Waals surface area (Å²) in [5.74, 6) is 0. The minimum atomic E-state index is -3.43. The number of nitrogens with one attached hydrogen (secondary N) is 1. The normalized spacial score (nSPS) is 11.6. The number of benzene rings is 1. The molecule has 0 atom stereocenters. The summed E-state index contributed by atoms with van der Waals surface area (Å²) in [6, 6.07) is 9.12. The summed E-state index contributed by atoms with van der Waals surface area (Å²) in [5.41, 5.74) is 7.33. The molecular formula is C12H13BrN2O2S2. The highest BCUT2D eigenvalue weighted by molar-refractivity contribution is 9.10. The molecule has 0 amide bonds.